The van der Waals surface area contributed by atoms with Gasteiger partial charge in [-0.25, -0.2) is 9.59 Å². The predicted molar refractivity (Wildman–Crippen MR) is 178 cm³/mol. The Labute approximate surface area is 290 Å². The minimum absolute atomic E-state index is 0.0737. The van der Waals surface area contributed by atoms with Crippen LogP contribution in [0, 0.1) is 17.3 Å². The van der Waals surface area contributed by atoms with Gasteiger partial charge in [0.25, 0.3) is 0 Å². The predicted octanol–water partition coefficient (Wildman–Crippen LogP) is 3.52. The second-order valence-corrected chi connectivity index (χ2v) is 13.8. The van der Waals surface area contributed by atoms with Crippen LogP contribution in [0.3, 0.4) is 0 Å². The molecule has 2 aromatic rings. The second-order valence-electron chi connectivity index (χ2n) is 13.8. The summed E-state index contributed by atoms with van der Waals surface area (Å²) in [7, 11) is 0. The molecular formula is C38H44O12. The Morgan fingerprint density at radius 3 is 1.78 bits per heavy atom. The lowest BCUT2D eigenvalue weighted by atomic mass is 9.72. The maximum absolute atomic E-state index is 14.2. The third kappa shape index (κ3) is 7.88. The van der Waals surface area contributed by atoms with E-state index >= 15 is 0 Å². The Morgan fingerprint density at radius 1 is 0.780 bits per heavy atom. The fourth-order valence-corrected chi connectivity index (χ4v) is 6.81. The molecule has 268 valence electrons. The fourth-order valence-electron chi connectivity index (χ4n) is 6.81. The summed E-state index contributed by atoms with van der Waals surface area (Å²) >= 11 is 0. The summed E-state index contributed by atoms with van der Waals surface area (Å²) in [5, 5.41) is 36.2. The van der Waals surface area contributed by atoms with Crippen LogP contribution in [0.4, 0.5) is 0 Å². The zero-order valence-electron chi connectivity index (χ0n) is 28.9. The third-order valence-corrected chi connectivity index (χ3v) is 9.27. The summed E-state index contributed by atoms with van der Waals surface area (Å²) in [4.78, 5) is 66.3. The molecule has 2 aliphatic rings. The lowest BCUT2D eigenvalue weighted by molar-refractivity contribution is -0.183. The van der Waals surface area contributed by atoms with Crippen LogP contribution in [0.1, 0.15) is 68.7 Å². The van der Waals surface area contributed by atoms with E-state index in [0.717, 1.165) is 13.8 Å². The van der Waals surface area contributed by atoms with Crippen LogP contribution in [-0.2, 0) is 33.3 Å². The van der Waals surface area contributed by atoms with Gasteiger partial charge in [-0.1, -0.05) is 75.9 Å². The van der Waals surface area contributed by atoms with Crippen molar-refractivity contribution in [3.63, 3.8) is 0 Å². The SMILES string of the molecule is C=C1[C@H](O)C2[C@@H](OC(=O)c3ccccc3)[C@](C)(O)C[C@]2(O)C(=O)[C@@H](C)/C=C\C(C)(C)C(OC(C)=O)[C@H](OC(C)=O)[C@H]1OC(=O)c1ccccc1. The van der Waals surface area contributed by atoms with Crippen molar-refractivity contribution in [2.45, 2.75) is 89.7 Å². The number of aliphatic hydroxyl groups is 3. The maximum Gasteiger partial charge on any atom is 0.338 e. The van der Waals surface area contributed by atoms with Gasteiger partial charge < -0.3 is 34.3 Å². The molecule has 50 heavy (non-hydrogen) atoms. The Morgan fingerprint density at radius 2 is 1.28 bits per heavy atom. The van der Waals surface area contributed by atoms with Crippen LogP contribution in [0.15, 0.2) is 85.0 Å². The number of esters is 4. The van der Waals surface area contributed by atoms with Crippen molar-refractivity contribution >= 4 is 29.7 Å². The molecule has 0 radical (unpaired) electrons. The highest BCUT2D eigenvalue weighted by Gasteiger charge is 2.67. The highest BCUT2D eigenvalue weighted by Crippen LogP contribution is 2.50. The topological polar surface area (TPSA) is 183 Å². The largest absolute Gasteiger partial charge is 0.458 e. The van der Waals surface area contributed by atoms with Crippen LogP contribution < -0.4 is 0 Å². The number of hydrogen-bond donors (Lipinski definition) is 3. The molecule has 12 nitrogen and oxygen atoms in total. The van der Waals surface area contributed by atoms with Gasteiger partial charge in [0.15, 0.2) is 24.1 Å². The van der Waals surface area contributed by atoms with Crippen molar-refractivity contribution in [3.05, 3.63) is 96.1 Å². The Kier molecular flexibility index (Phi) is 11.2. The highest BCUT2D eigenvalue weighted by atomic mass is 16.6. The number of Topliss-reactive ketones (excluding diaryl/α,β-unsaturated/α-hetero) is 1. The Bertz CT molecular complexity index is 1650. The number of hydrogen-bond acceptors (Lipinski definition) is 12. The van der Waals surface area contributed by atoms with Gasteiger partial charge in [-0.15, -0.1) is 0 Å². The van der Waals surface area contributed by atoms with E-state index in [1.165, 1.54) is 50.3 Å². The van der Waals surface area contributed by atoms with Crippen molar-refractivity contribution in [1.29, 1.82) is 0 Å². The quantitative estimate of drug-likeness (QED) is 0.228. The number of fused-ring (bicyclic) bond motifs is 1. The van der Waals surface area contributed by atoms with Gasteiger partial charge in [-0.3, -0.25) is 14.4 Å². The molecule has 0 bridgehead atoms. The van der Waals surface area contributed by atoms with Gasteiger partial charge in [0, 0.05) is 31.6 Å². The van der Waals surface area contributed by atoms with E-state index in [1.54, 1.807) is 50.2 Å². The van der Waals surface area contributed by atoms with Crippen LogP contribution in [-0.4, -0.2) is 86.7 Å². The third-order valence-electron chi connectivity index (χ3n) is 9.27. The Hall–Kier alpha value is -4.65. The van der Waals surface area contributed by atoms with Crippen molar-refractivity contribution in [2.24, 2.45) is 17.3 Å². The number of rotatable bonds is 6. The lowest BCUT2D eigenvalue weighted by Crippen LogP contribution is -2.57. The molecule has 4 rings (SSSR count). The molecule has 2 aromatic carbocycles. The molecule has 9 atom stereocenters. The number of carbonyl (C=O) groups is 5. The number of ether oxygens (including phenoxy) is 4. The van der Waals surface area contributed by atoms with E-state index in [2.05, 4.69) is 6.58 Å². The first-order valence-electron chi connectivity index (χ1n) is 16.2. The molecule has 2 aliphatic carbocycles. The molecule has 0 heterocycles. The van der Waals surface area contributed by atoms with Crippen molar-refractivity contribution in [3.8, 4) is 0 Å². The summed E-state index contributed by atoms with van der Waals surface area (Å²) in [6.45, 7) is 12.2. The minimum Gasteiger partial charge on any atom is -0.458 e. The zero-order chi connectivity index (χ0) is 37.2. The van der Waals surface area contributed by atoms with E-state index in [1.807, 2.05) is 0 Å². The van der Waals surface area contributed by atoms with Gasteiger partial charge >= 0.3 is 23.9 Å². The number of benzene rings is 2. The summed E-state index contributed by atoms with van der Waals surface area (Å²) in [5.74, 6) is -7.15. The summed E-state index contributed by atoms with van der Waals surface area (Å²) < 4.78 is 23.1. The van der Waals surface area contributed by atoms with E-state index < -0.39 is 101 Å². The first kappa shape index (κ1) is 38.2. The molecule has 1 saturated carbocycles. The normalized spacial score (nSPS) is 33.1. The number of allylic oxidation sites excluding steroid dienone is 1. The first-order valence-corrected chi connectivity index (χ1v) is 16.2. The standard InChI is InChI=1S/C38H44O12/c1-21-18-19-36(5,6)33(48-24(4)40)30(47-23(3)39)29(49-34(43)25-14-10-8-11-15-25)22(2)28(41)27-32(37(7,45)20-38(27,46)31(21)42)50-35(44)26-16-12-9-13-17-26/h8-19,21,27-30,32-33,41,45-46H,2,20H2,1,3-7H3/b19-18-/t21-,27?,28-,29-,30+,32+,33?,37+,38+/m0/s1. The zero-order valence-corrected chi connectivity index (χ0v) is 28.9. The van der Waals surface area contributed by atoms with Crippen LogP contribution >= 0.6 is 0 Å². The summed E-state index contributed by atoms with van der Waals surface area (Å²) in [5.41, 5.74) is -6.07. The van der Waals surface area contributed by atoms with Crippen LogP contribution in [0.5, 0.6) is 0 Å². The first-order chi connectivity index (χ1) is 23.3. The molecule has 0 amide bonds. The van der Waals surface area contributed by atoms with Gasteiger partial charge in [-0.05, 0) is 36.8 Å². The van der Waals surface area contributed by atoms with E-state index in [4.69, 9.17) is 18.9 Å². The van der Waals surface area contributed by atoms with E-state index in [0.29, 0.717) is 0 Å². The van der Waals surface area contributed by atoms with Gasteiger partial charge in [0.2, 0.25) is 0 Å². The maximum atomic E-state index is 14.2. The van der Waals surface area contributed by atoms with E-state index in [9.17, 15) is 39.3 Å². The monoisotopic (exact) mass is 692 g/mol. The smallest absolute Gasteiger partial charge is 0.338 e. The highest BCUT2D eigenvalue weighted by molar-refractivity contribution is 5.93. The Balaban J connectivity index is 1.96. The van der Waals surface area contributed by atoms with Gasteiger partial charge in [0.1, 0.15) is 17.3 Å². The van der Waals surface area contributed by atoms with Crippen molar-refractivity contribution < 1.29 is 58.2 Å². The van der Waals surface area contributed by atoms with Crippen molar-refractivity contribution in [2.75, 3.05) is 0 Å². The molecule has 3 N–H and O–H groups in total. The molecule has 12 heteroatoms. The van der Waals surface area contributed by atoms with Crippen LogP contribution in [0.25, 0.3) is 0 Å². The minimum atomic E-state index is -2.53. The fraction of sp³-hybridized carbons (Fsp3) is 0.447. The molecule has 0 spiro atoms. The molecule has 0 aromatic heterocycles. The number of aliphatic hydroxyl groups excluding tert-OH is 1. The average Bonchev–Trinajstić information content (AvgIpc) is 3.27. The van der Waals surface area contributed by atoms with E-state index in [-0.39, 0.29) is 11.1 Å². The van der Waals surface area contributed by atoms with Crippen LogP contribution in [0.2, 0.25) is 0 Å². The van der Waals surface area contributed by atoms with Gasteiger partial charge in [-0.2, -0.15) is 0 Å². The molecule has 0 aliphatic heterocycles. The molecule has 2 unspecified atom stereocenters. The van der Waals surface area contributed by atoms with Crippen molar-refractivity contribution in [1.82, 2.24) is 0 Å². The number of carbonyl (C=O) groups excluding carboxylic acids is 5. The summed E-state index contributed by atoms with van der Waals surface area (Å²) in [6, 6.07) is 15.5. The number of ketones is 1. The molecular weight excluding hydrogens is 648 g/mol. The average molecular weight is 693 g/mol. The van der Waals surface area contributed by atoms with Gasteiger partial charge in [0.05, 0.1) is 23.1 Å². The summed E-state index contributed by atoms with van der Waals surface area (Å²) in [6.07, 6.45) is -6.26. The molecule has 1 fully saturated rings. The lowest BCUT2D eigenvalue weighted by Gasteiger charge is -2.43. The second kappa shape index (κ2) is 14.7. The molecule has 0 saturated heterocycles.